The Bertz CT molecular complexity index is 641. The van der Waals surface area contributed by atoms with Crippen LogP contribution in [-0.4, -0.2) is 33.1 Å². The monoisotopic (exact) mass is 275 g/mol. The van der Waals surface area contributed by atoms with E-state index in [9.17, 15) is 9.59 Å². The molecule has 2 N–H and O–H groups in total. The van der Waals surface area contributed by atoms with Crippen LogP contribution in [0, 0.1) is 13.8 Å². The average molecular weight is 275 g/mol. The predicted molar refractivity (Wildman–Crippen MR) is 68.1 cm³/mol. The number of H-pyrrole nitrogens is 1. The summed E-state index contributed by atoms with van der Waals surface area (Å²) >= 11 is 0. The van der Waals surface area contributed by atoms with Gasteiger partial charge in [-0.15, -0.1) is 0 Å². The molecular weight excluding hydrogens is 262 g/mol. The van der Waals surface area contributed by atoms with Crippen molar-refractivity contribution in [3.05, 3.63) is 29.7 Å². The maximum Gasteiger partial charge on any atom is 0.329 e. The number of aromatic amines is 1. The number of rotatable bonds is 3. The van der Waals surface area contributed by atoms with Gasteiger partial charge < -0.3 is 14.8 Å². The van der Waals surface area contributed by atoms with Crippen molar-refractivity contribution in [3.8, 4) is 0 Å². The zero-order valence-electron chi connectivity index (χ0n) is 11.0. The lowest BCUT2D eigenvalue weighted by Crippen LogP contribution is -2.33. The molecule has 3 rings (SSSR count). The Morgan fingerprint density at radius 2 is 2.20 bits per heavy atom. The van der Waals surface area contributed by atoms with Crippen LogP contribution in [0.2, 0.25) is 0 Å². The summed E-state index contributed by atoms with van der Waals surface area (Å²) in [6, 6.07) is -1.08. The molecule has 0 aliphatic carbocycles. The van der Waals surface area contributed by atoms with Gasteiger partial charge in [0, 0.05) is 18.3 Å². The summed E-state index contributed by atoms with van der Waals surface area (Å²) in [5.41, 5.74) is 1.71. The Balaban J connectivity index is 1.87. The van der Waals surface area contributed by atoms with Crippen LogP contribution in [0.15, 0.2) is 17.0 Å². The van der Waals surface area contributed by atoms with E-state index in [2.05, 4.69) is 20.4 Å². The molecule has 1 atom stereocenters. The fourth-order valence-electron chi connectivity index (χ4n) is 2.29. The highest BCUT2D eigenvalue weighted by molar-refractivity contribution is 6.21. The van der Waals surface area contributed by atoms with Crippen LogP contribution in [0.25, 0.3) is 0 Å². The molecule has 1 unspecified atom stereocenters. The van der Waals surface area contributed by atoms with E-state index >= 15 is 0 Å². The first kappa shape index (κ1) is 12.4. The summed E-state index contributed by atoms with van der Waals surface area (Å²) < 4.78 is 5.01. The number of amides is 3. The molecule has 0 radical (unpaired) electrons. The van der Waals surface area contributed by atoms with Gasteiger partial charge in [-0.25, -0.2) is 14.7 Å². The average Bonchev–Trinajstić information content (AvgIpc) is 3.08. The molecule has 1 aliphatic rings. The minimum absolute atomic E-state index is 0.320. The third-order valence-corrected chi connectivity index (χ3v) is 3.22. The van der Waals surface area contributed by atoms with E-state index in [-0.39, 0.29) is 5.91 Å². The van der Waals surface area contributed by atoms with Gasteiger partial charge in [0.05, 0.1) is 6.33 Å². The molecule has 3 heterocycles. The van der Waals surface area contributed by atoms with Gasteiger partial charge in [-0.05, 0) is 13.8 Å². The van der Waals surface area contributed by atoms with Gasteiger partial charge in [-0.2, -0.15) is 0 Å². The van der Waals surface area contributed by atoms with E-state index in [1.54, 1.807) is 20.0 Å². The highest BCUT2D eigenvalue weighted by Gasteiger charge is 2.41. The first-order valence-electron chi connectivity index (χ1n) is 6.12. The quantitative estimate of drug-likeness (QED) is 0.802. The van der Waals surface area contributed by atoms with E-state index in [0.717, 1.165) is 10.6 Å². The highest BCUT2D eigenvalue weighted by Crippen LogP contribution is 2.27. The number of carbonyl (C=O) groups excluding carboxylic acids is 2. The fraction of sp³-hybridized carbons (Fsp3) is 0.333. The molecule has 8 heteroatoms. The molecule has 2 aromatic heterocycles. The van der Waals surface area contributed by atoms with Crippen LogP contribution < -0.4 is 10.2 Å². The van der Waals surface area contributed by atoms with Crippen molar-refractivity contribution in [1.29, 1.82) is 0 Å². The van der Waals surface area contributed by atoms with Crippen molar-refractivity contribution in [1.82, 2.24) is 20.4 Å². The predicted octanol–water partition coefficient (Wildman–Crippen LogP) is 0.682. The van der Waals surface area contributed by atoms with Crippen molar-refractivity contribution in [2.45, 2.75) is 26.3 Å². The topological polar surface area (TPSA) is 104 Å². The molecule has 0 saturated carbocycles. The second-order valence-electron chi connectivity index (χ2n) is 4.63. The number of urea groups is 1. The number of hydrogen-bond acceptors (Lipinski definition) is 5. The van der Waals surface area contributed by atoms with Gasteiger partial charge in [-0.1, -0.05) is 5.16 Å². The molecule has 1 aliphatic heterocycles. The summed E-state index contributed by atoms with van der Waals surface area (Å²) in [7, 11) is 0. The number of hydrogen-bond donors (Lipinski definition) is 2. The van der Waals surface area contributed by atoms with Crippen molar-refractivity contribution >= 4 is 17.6 Å². The lowest BCUT2D eigenvalue weighted by Gasteiger charge is -2.11. The largest absolute Gasteiger partial charge is 0.359 e. The number of nitrogens with zero attached hydrogens (tertiary/aromatic N) is 3. The molecule has 20 heavy (non-hydrogen) atoms. The lowest BCUT2D eigenvalue weighted by molar-refractivity contribution is -0.118. The minimum Gasteiger partial charge on any atom is -0.359 e. The minimum atomic E-state index is -0.614. The third kappa shape index (κ3) is 1.85. The SMILES string of the molecule is Cc1noc(C)c1N1C(=O)NC(Cc2cnc[nH]2)C1=O. The van der Waals surface area contributed by atoms with Crippen LogP contribution in [-0.2, 0) is 11.2 Å². The Morgan fingerprint density at radius 3 is 2.80 bits per heavy atom. The second kappa shape index (κ2) is 4.48. The molecule has 0 aromatic carbocycles. The van der Waals surface area contributed by atoms with Crippen molar-refractivity contribution < 1.29 is 14.1 Å². The standard InChI is InChI=1S/C12H13N5O3/c1-6-10(7(2)20-16-6)17-11(18)9(15-12(17)19)3-8-4-13-5-14-8/h4-5,9H,3H2,1-2H3,(H,13,14)(H,15,19). The van der Waals surface area contributed by atoms with Crippen LogP contribution in [0.5, 0.6) is 0 Å². The third-order valence-electron chi connectivity index (χ3n) is 3.22. The van der Waals surface area contributed by atoms with E-state index in [1.807, 2.05) is 0 Å². The summed E-state index contributed by atoms with van der Waals surface area (Å²) in [6.45, 7) is 3.35. The number of imidazole rings is 1. The van der Waals surface area contributed by atoms with Gasteiger partial charge in [0.1, 0.15) is 17.4 Å². The molecule has 3 amide bonds. The summed E-state index contributed by atoms with van der Waals surface area (Å²) in [5.74, 6) is 0.118. The number of anilines is 1. The molecule has 8 nitrogen and oxygen atoms in total. The molecule has 0 bridgehead atoms. The van der Waals surface area contributed by atoms with Crippen LogP contribution >= 0.6 is 0 Å². The Kier molecular flexibility index (Phi) is 2.78. The van der Waals surface area contributed by atoms with Crippen molar-refractivity contribution in [2.75, 3.05) is 4.90 Å². The fourth-order valence-corrected chi connectivity index (χ4v) is 2.29. The van der Waals surface area contributed by atoms with Crippen LogP contribution in [0.4, 0.5) is 10.5 Å². The lowest BCUT2D eigenvalue weighted by atomic mass is 10.1. The Labute approximate surface area is 114 Å². The number of nitrogens with one attached hydrogen (secondary N) is 2. The van der Waals surface area contributed by atoms with Gasteiger partial charge in [0.25, 0.3) is 5.91 Å². The number of carbonyl (C=O) groups is 2. The second-order valence-corrected chi connectivity index (χ2v) is 4.63. The molecule has 104 valence electrons. The smallest absolute Gasteiger partial charge is 0.329 e. The molecule has 0 spiro atoms. The maximum atomic E-state index is 12.4. The summed E-state index contributed by atoms with van der Waals surface area (Å²) in [6.07, 6.45) is 3.52. The highest BCUT2D eigenvalue weighted by atomic mass is 16.5. The van der Waals surface area contributed by atoms with Gasteiger partial charge in [0.2, 0.25) is 0 Å². The molecule has 2 aromatic rings. The molecule has 1 fully saturated rings. The number of imide groups is 1. The van der Waals surface area contributed by atoms with Crippen molar-refractivity contribution in [3.63, 3.8) is 0 Å². The molecule has 1 saturated heterocycles. The Hall–Kier alpha value is -2.64. The van der Waals surface area contributed by atoms with E-state index < -0.39 is 12.1 Å². The van der Waals surface area contributed by atoms with Gasteiger partial charge >= 0.3 is 6.03 Å². The van der Waals surface area contributed by atoms with E-state index in [0.29, 0.717) is 23.6 Å². The van der Waals surface area contributed by atoms with Gasteiger partial charge in [-0.3, -0.25) is 4.79 Å². The summed E-state index contributed by atoms with van der Waals surface area (Å²) in [4.78, 5) is 32.3. The van der Waals surface area contributed by atoms with Crippen LogP contribution in [0.3, 0.4) is 0 Å². The number of aromatic nitrogens is 3. The van der Waals surface area contributed by atoms with E-state index in [4.69, 9.17) is 4.52 Å². The van der Waals surface area contributed by atoms with Gasteiger partial charge in [0.15, 0.2) is 5.76 Å². The number of aryl methyl sites for hydroxylation is 2. The van der Waals surface area contributed by atoms with E-state index in [1.165, 1.54) is 6.33 Å². The van der Waals surface area contributed by atoms with Crippen molar-refractivity contribution in [2.24, 2.45) is 0 Å². The maximum absolute atomic E-state index is 12.4. The molecular formula is C12H13N5O3. The Morgan fingerprint density at radius 1 is 1.40 bits per heavy atom. The van der Waals surface area contributed by atoms with Crippen LogP contribution in [0.1, 0.15) is 17.1 Å². The first-order chi connectivity index (χ1) is 9.58. The zero-order chi connectivity index (χ0) is 14.3. The first-order valence-corrected chi connectivity index (χ1v) is 6.12. The zero-order valence-corrected chi connectivity index (χ0v) is 11.0. The normalized spacial score (nSPS) is 18.7. The summed E-state index contributed by atoms with van der Waals surface area (Å²) in [5, 5.41) is 6.42.